The minimum absolute atomic E-state index is 0.0700. The Morgan fingerprint density at radius 2 is 2.00 bits per heavy atom. The van der Waals surface area contributed by atoms with Gasteiger partial charge >= 0.3 is 5.97 Å². The highest BCUT2D eigenvalue weighted by Crippen LogP contribution is 2.54. The molecule has 2 aliphatic rings. The van der Waals surface area contributed by atoms with Crippen molar-refractivity contribution in [2.75, 3.05) is 25.7 Å². The Labute approximate surface area is 160 Å². The summed E-state index contributed by atoms with van der Waals surface area (Å²) in [6.07, 6.45) is 0. The zero-order chi connectivity index (χ0) is 20.6. The van der Waals surface area contributed by atoms with Gasteiger partial charge in [-0.1, -0.05) is 18.2 Å². The molecule has 3 rings (SSSR count). The maximum atomic E-state index is 13.6. The molecular weight excluding hydrogens is 366 g/mol. The monoisotopic (exact) mass is 383 g/mol. The molecule has 1 aromatic carbocycles. The predicted molar refractivity (Wildman–Crippen MR) is 95.1 cm³/mol. The standard InChI is InChI=1S/C19H17N3O6/c1-10(23)22-13-7-5-4-6-11(13)19(18(22)25)12(8-20)16(21)28-14(9-26-2)15(19)17(24)27-3/h4-7H,9,21H2,1-3H3. The fraction of sp³-hybridized carbons (Fsp3) is 0.263. The smallest absolute Gasteiger partial charge is 0.339 e. The Hall–Kier alpha value is -3.64. The minimum atomic E-state index is -1.97. The summed E-state index contributed by atoms with van der Waals surface area (Å²) in [7, 11) is 2.50. The van der Waals surface area contributed by atoms with Crippen LogP contribution in [0.3, 0.4) is 0 Å². The molecule has 144 valence electrons. The highest BCUT2D eigenvalue weighted by Gasteiger charge is 2.63. The van der Waals surface area contributed by atoms with Crippen LogP contribution in [-0.4, -0.2) is 38.6 Å². The lowest BCUT2D eigenvalue weighted by atomic mass is 9.68. The van der Waals surface area contributed by atoms with Gasteiger partial charge in [-0.2, -0.15) is 5.26 Å². The van der Waals surface area contributed by atoms with Crippen molar-refractivity contribution in [3.8, 4) is 6.07 Å². The molecule has 1 atom stereocenters. The molecule has 0 fully saturated rings. The number of para-hydroxylation sites is 1. The number of hydrogen-bond donors (Lipinski definition) is 1. The van der Waals surface area contributed by atoms with Gasteiger partial charge in [0.1, 0.15) is 29.6 Å². The van der Waals surface area contributed by atoms with E-state index in [0.29, 0.717) is 0 Å². The van der Waals surface area contributed by atoms with Gasteiger partial charge in [0.25, 0.3) is 5.91 Å². The molecule has 2 amide bonds. The van der Waals surface area contributed by atoms with Crippen molar-refractivity contribution in [1.29, 1.82) is 5.26 Å². The quantitative estimate of drug-likeness (QED) is 0.751. The number of carbonyl (C=O) groups is 3. The van der Waals surface area contributed by atoms with E-state index < -0.39 is 23.2 Å². The molecular formula is C19H17N3O6. The van der Waals surface area contributed by atoms with E-state index in [9.17, 15) is 19.6 Å². The maximum Gasteiger partial charge on any atom is 0.339 e. The zero-order valence-corrected chi connectivity index (χ0v) is 15.4. The van der Waals surface area contributed by atoms with E-state index in [-0.39, 0.29) is 40.6 Å². The summed E-state index contributed by atoms with van der Waals surface area (Å²) >= 11 is 0. The van der Waals surface area contributed by atoms with Crippen molar-refractivity contribution < 1.29 is 28.6 Å². The average Bonchev–Trinajstić information content (AvgIpc) is 2.91. The van der Waals surface area contributed by atoms with Gasteiger partial charge in [-0.05, 0) is 6.07 Å². The Bertz CT molecular complexity index is 1000. The van der Waals surface area contributed by atoms with Crippen LogP contribution in [0.25, 0.3) is 0 Å². The number of anilines is 1. The average molecular weight is 383 g/mol. The minimum Gasteiger partial charge on any atom is -0.466 e. The first-order valence-corrected chi connectivity index (χ1v) is 8.19. The second kappa shape index (κ2) is 6.83. The highest BCUT2D eigenvalue weighted by molar-refractivity contribution is 6.27. The van der Waals surface area contributed by atoms with Gasteiger partial charge in [0.2, 0.25) is 11.8 Å². The summed E-state index contributed by atoms with van der Waals surface area (Å²) in [5.41, 5.74) is 3.94. The molecule has 0 aliphatic carbocycles. The lowest BCUT2D eigenvalue weighted by Gasteiger charge is -2.34. The van der Waals surface area contributed by atoms with Crippen LogP contribution in [0.15, 0.2) is 47.1 Å². The summed E-state index contributed by atoms with van der Waals surface area (Å²) < 4.78 is 15.4. The van der Waals surface area contributed by atoms with E-state index in [1.54, 1.807) is 24.3 Å². The summed E-state index contributed by atoms with van der Waals surface area (Å²) in [5.74, 6) is -2.71. The molecule has 9 heteroatoms. The number of fused-ring (bicyclic) bond motifs is 2. The molecule has 0 saturated heterocycles. The van der Waals surface area contributed by atoms with Gasteiger partial charge in [-0.15, -0.1) is 0 Å². The molecule has 2 aliphatic heterocycles. The van der Waals surface area contributed by atoms with Crippen LogP contribution in [0.2, 0.25) is 0 Å². The number of nitriles is 1. The third kappa shape index (κ3) is 2.32. The van der Waals surface area contributed by atoms with E-state index in [4.69, 9.17) is 19.9 Å². The summed E-state index contributed by atoms with van der Waals surface area (Å²) in [6.45, 7) is 1.00. The number of nitrogens with zero attached hydrogens (tertiary/aromatic N) is 2. The number of nitrogens with two attached hydrogens (primary N) is 1. The molecule has 1 aromatic rings. The highest BCUT2D eigenvalue weighted by atomic mass is 16.5. The van der Waals surface area contributed by atoms with Gasteiger partial charge in [0, 0.05) is 19.6 Å². The summed E-state index contributed by atoms with van der Waals surface area (Å²) in [5, 5.41) is 9.81. The Morgan fingerprint density at radius 3 is 2.57 bits per heavy atom. The molecule has 0 aromatic heterocycles. The molecule has 1 unspecified atom stereocenters. The number of ether oxygens (including phenoxy) is 3. The van der Waals surface area contributed by atoms with Gasteiger partial charge in [0.15, 0.2) is 5.41 Å². The molecule has 9 nitrogen and oxygen atoms in total. The fourth-order valence-corrected chi connectivity index (χ4v) is 3.67. The molecule has 2 heterocycles. The number of benzene rings is 1. The number of carbonyl (C=O) groups excluding carboxylic acids is 3. The van der Waals surface area contributed by atoms with Crippen LogP contribution in [0.4, 0.5) is 5.69 Å². The lowest BCUT2D eigenvalue weighted by molar-refractivity contribution is -0.139. The van der Waals surface area contributed by atoms with Gasteiger partial charge < -0.3 is 19.9 Å². The van der Waals surface area contributed by atoms with Crippen molar-refractivity contribution in [3.05, 3.63) is 52.6 Å². The van der Waals surface area contributed by atoms with Crippen LogP contribution in [0.1, 0.15) is 12.5 Å². The van der Waals surface area contributed by atoms with Gasteiger partial charge in [-0.25, -0.2) is 9.69 Å². The van der Waals surface area contributed by atoms with Crippen LogP contribution >= 0.6 is 0 Å². The topological polar surface area (TPSA) is 132 Å². The van der Waals surface area contributed by atoms with Crippen LogP contribution in [0.5, 0.6) is 0 Å². The maximum absolute atomic E-state index is 13.6. The van der Waals surface area contributed by atoms with E-state index >= 15 is 0 Å². The number of imide groups is 1. The van der Waals surface area contributed by atoms with E-state index in [0.717, 1.165) is 12.0 Å². The number of rotatable bonds is 3. The third-order valence-corrected chi connectivity index (χ3v) is 4.67. The van der Waals surface area contributed by atoms with E-state index in [1.807, 2.05) is 6.07 Å². The number of methoxy groups -OCH3 is 2. The first-order valence-electron chi connectivity index (χ1n) is 8.19. The molecule has 0 saturated carbocycles. The lowest BCUT2D eigenvalue weighted by Crippen LogP contribution is -2.49. The predicted octanol–water partition coefficient (Wildman–Crippen LogP) is 0.615. The van der Waals surface area contributed by atoms with E-state index in [1.165, 1.54) is 14.0 Å². The van der Waals surface area contributed by atoms with Crippen molar-refractivity contribution in [3.63, 3.8) is 0 Å². The largest absolute Gasteiger partial charge is 0.466 e. The molecule has 28 heavy (non-hydrogen) atoms. The SMILES string of the molecule is COCC1=C(C(=O)OC)C2(C(=O)N(C(C)=O)c3ccccc32)C(C#N)=C(N)O1. The second-order valence-electron chi connectivity index (χ2n) is 6.10. The Kier molecular flexibility index (Phi) is 4.66. The Balaban J connectivity index is 2.50. The summed E-state index contributed by atoms with van der Waals surface area (Å²) in [6, 6.07) is 8.25. The number of hydrogen-bond acceptors (Lipinski definition) is 8. The van der Waals surface area contributed by atoms with Gasteiger partial charge in [-0.3, -0.25) is 9.59 Å². The van der Waals surface area contributed by atoms with Crippen LogP contribution in [-0.2, 0) is 34.0 Å². The van der Waals surface area contributed by atoms with E-state index in [2.05, 4.69) is 0 Å². The van der Waals surface area contributed by atoms with Gasteiger partial charge in [0.05, 0.1) is 12.8 Å². The molecule has 0 bridgehead atoms. The number of amides is 2. The van der Waals surface area contributed by atoms with Crippen LogP contribution < -0.4 is 10.6 Å². The first-order chi connectivity index (χ1) is 13.4. The number of esters is 1. The molecule has 1 spiro atoms. The first kappa shape index (κ1) is 19.1. The Morgan fingerprint density at radius 1 is 1.32 bits per heavy atom. The fourth-order valence-electron chi connectivity index (χ4n) is 3.67. The zero-order valence-electron chi connectivity index (χ0n) is 15.4. The summed E-state index contributed by atoms with van der Waals surface area (Å²) in [4.78, 5) is 39.5. The molecule has 0 radical (unpaired) electrons. The third-order valence-electron chi connectivity index (χ3n) is 4.67. The van der Waals surface area contributed by atoms with Crippen LogP contribution in [0, 0.1) is 11.3 Å². The van der Waals surface area contributed by atoms with Crippen molar-refractivity contribution in [2.24, 2.45) is 5.73 Å². The normalized spacial score (nSPS) is 20.8. The second-order valence-corrected chi connectivity index (χ2v) is 6.10. The van der Waals surface area contributed by atoms with Crippen molar-refractivity contribution in [1.82, 2.24) is 0 Å². The van der Waals surface area contributed by atoms with Crippen molar-refractivity contribution in [2.45, 2.75) is 12.3 Å². The van der Waals surface area contributed by atoms with Crippen molar-refractivity contribution >= 4 is 23.5 Å². The molecule has 2 N–H and O–H groups in total.